The number of nitrogens with one attached hydrogen (secondary N) is 1. The third-order valence-corrected chi connectivity index (χ3v) is 3.65. The molecule has 2 atom stereocenters. The van der Waals surface area contributed by atoms with Gasteiger partial charge in [0.15, 0.2) is 11.6 Å². The van der Waals surface area contributed by atoms with E-state index < -0.39 is 11.8 Å². The van der Waals surface area contributed by atoms with Gasteiger partial charge < -0.3 is 11.1 Å². The molecular formula is C15H15N3O2. The van der Waals surface area contributed by atoms with Crippen LogP contribution in [0.2, 0.25) is 0 Å². The molecule has 0 saturated heterocycles. The second kappa shape index (κ2) is 5.02. The highest BCUT2D eigenvalue weighted by atomic mass is 16.1. The molecule has 2 unspecified atom stereocenters. The predicted molar refractivity (Wildman–Crippen MR) is 77.3 cm³/mol. The highest BCUT2D eigenvalue weighted by molar-refractivity contribution is 6.23. The number of benzene rings is 1. The number of Topliss-reactive ketones (excluding diaryl/α,β-unsaturated/α-hetero) is 2. The summed E-state index contributed by atoms with van der Waals surface area (Å²) >= 11 is 0. The first kappa shape index (κ1) is 12.7. The topological polar surface area (TPSA) is 84.5 Å². The summed E-state index contributed by atoms with van der Waals surface area (Å²) in [5, 5.41) is 3.11. The van der Waals surface area contributed by atoms with E-state index in [0.717, 1.165) is 0 Å². The highest BCUT2D eigenvalue weighted by Crippen LogP contribution is 2.35. The van der Waals surface area contributed by atoms with Crippen LogP contribution >= 0.6 is 0 Å². The summed E-state index contributed by atoms with van der Waals surface area (Å²) in [7, 11) is 0. The molecule has 3 rings (SSSR count). The molecule has 5 heteroatoms. The van der Waals surface area contributed by atoms with E-state index in [4.69, 9.17) is 5.73 Å². The molecule has 1 aliphatic carbocycles. The van der Waals surface area contributed by atoms with Crippen LogP contribution in [0.5, 0.6) is 0 Å². The lowest BCUT2D eigenvalue weighted by Crippen LogP contribution is -2.38. The number of allylic oxidation sites excluding steroid dienone is 1. The summed E-state index contributed by atoms with van der Waals surface area (Å²) in [4.78, 5) is 29.1. The molecule has 1 aromatic rings. The molecule has 1 heterocycles. The van der Waals surface area contributed by atoms with Gasteiger partial charge in [0.05, 0.1) is 17.4 Å². The summed E-state index contributed by atoms with van der Waals surface area (Å²) in [5.74, 6) is -0.987. The quantitative estimate of drug-likeness (QED) is 0.865. The lowest BCUT2D eigenvalue weighted by atomic mass is 9.73. The van der Waals surface area contributed by atoms with Crippen molar-refractivity contribution < 1.29 is 9.59 Å². The van der Waals surface area contributed by atoms with E-state index in [1.54, 1.807) is 36.7 Å². The minimum Gasteiger partial charge on any atom is -0.383 e. The molecule has 102 valence electrons. The zero-order valence-electron chi connectivity index (χ0n) is 10.9. The summed E-state index contributed by atoms with van der Waals surface area (Å²) in [6.07, 6.45) is 4.84. The zero-order valence-corrected chi connectivity index (χ0v) is 10.9. The Morgan fingerprint density at radius 2 is 2.05 bits per heavy atom. The number of carbonyl (C=O) groups is 2. The fraction of sp³-hybridized carbons (Fsp3) is 0.267. The number of nitrogens with two attached hydrogens (primary N) is 1. The van der Waals surface area contributed by atoms with Crippen molar-refractivity contribution in [2.24, 2.45) is 22.6 Å². The van der Waals surface area contributed by atoms with Gasteiger partial charge in [-0.2, -0.15) is 0 Å². The number of fused-ring (bicyclic) bond motifs is 2. The van der Waals surface area contributed by atoms with Crippen molar-refractivity contribution >= 4 is 23.5 Å². The molecule has 1 aliphatic heterocycles. The van der Waals surface area contributed by atoms with Gasteiger partial charge in [0.1, 0.15) is 0 Å². The molecule has 0 amide bonds. The van der Waals surface area contributed by atoms with Crippen LogP contribution in [0.3, 0.4) is 0 Å². The smallest absolute Gasteiger partial charge is 0.173 e. The average Bonchev–Trinajstić information content (AvgIpc) is 2.50. The van der Waals surface area contributed by atoms with Gasteiger partial charge in [-0.05, 0) is 6.07 Å². The van der Waals surface area contributed by atoms with Gasteiger partial charge in [0, 0.05) is 36.8 Å². The summed E-state index contributed by atoms with van der Waals surface area (Å²) in [6.45, 7) is 1.02. The molecule has 0 aromatic heterocycles. The van der Waals surface area contributed by atoms with E-state index in [1.165, 1.54) is 0 Å². The lowest BCUT2D eigenvalue weighted by molar-refractivity contribution is 0.0816. The molecule has 0 saturated carbocycles. The van der Waals surface area contributed by atoms with Crippen LogP contribution < -0.4 is 11.1 Å². The number of anilines is 1. The molecule has 1 aromatic carbocycles. The SMILES string of the molecule is NCCNc1cccc2c1C(=O)C1C=CN=CC1C2=O. The van der Waals surface area contributed by atoms with Crippen LogP contribution in [0.4, 0.5) is 5.69 Å². The van der Waals surface area contributed by atoms with Crippen LogP contribution in [0, 0.1) is 11.8 Å². The Bertz CT molecular complexity index is 634. The van der Waals surface area contributed by atoms with E-state index in [0.29, 0.717) is 29.9 Å². The summed E-state index contributed by atoms with van der Waals surface area (Å²) < 4.78 is 0. The monoisotopic (exact) mass is 269 g/mol. The van der Waals surface area contributed by atoms with Gasteiger partial charge in [0.2, 0.25) is 0 Å². The minimum atomic E-state index is -0.468. The molecule has 0 fully saturated rings. The van der Waals surface area contributed by atoms with E-state index >= 15 is 0 Å². The molecule has 0 radical (unpaired) electrons. The number of hydrogen-bond donors (Lipinski definition) is 2. The van der Waals surface area contributed by atoms with E-state index in [2.05, 4.69) is 10.3 Å². The van der Waals surface area contributed by atoms with Crippen molar-refractivity contribution in [3.05, 3.63) is 41.6 Å². The zero-order chi connectivity index (χ0) is 14.1. The molecule has 3 N–H and O–H groups in total. The van der Waals surface area contributed by atoms with Gasteiger partial charge in [-0.1, -0.05) is 18.2 Å². The van der Waals surface area contributed by atoms with Crippen molar-refractivity contribution in [1.82, 2.24) is 0 Å². The van der Waals surface area contributed by atoms with Crippen molar-refractivity contribution in [3.63, 3.8) is 0 Å². The lowest BCUT2D eigenvalue weighted by Gasteiger charge is -2.29. The van der Waals surface area contributed by atoms with E-state index in [1.807, 2.05) is 0 Å². The van der Waals surface area contributed by atoms with Crippen LogP contribution in [0.15, 0.2) is 35.5 Å². The maximum Gasteiger partial charge on any atom is 0.173 e. The largest absolute Gasteiger partial charge is 0.383 e. The van der Waals surface area contributed by atoms with Gasteiger partial charge >= 0.3 is 0 Å². The Balaban J connectivity index is 2.10. The molecule has 20 heavy (non-hydrogen) atoms. The molecule has 2 aliphatic rings. The normalized spacial score (nSPS) is 23.4. The summed E-state index contributed by atoms with van der Waals surface area (Å²) in [6, 6.07) is 5.28. The van der Waals surface area contributed by atoms with E-state index in [9.17, 15) is 9.59 Å². The Morgan fingerprint density at radius 3 is 2.85 bits per heavy atom. The molecule has 0 bridgehead atoms. The van der Waals surface area contributed by atoms with Crippen molar-refractivity contribution in [2.45, 2.75) is 0 Å². The first-order valence-corrected chi connectivity index (χ1v) is 6.59. The van der Waals surface area contributed by atoms with Crippen molar-refractivity contribution in [1.29, 1.82) is 0 Å². The van der Waals surface area contributed by atoms with Gasteiger partial charge in [-0.15, -0.1) is 0 Å². The molecule has 0 spiro atoms. The van der Waals surface area contributed by atoms with Crippen LogP contribution in [0.1, 0.15) is 20.7 Å². The third kappa shape index (κ3) is 1.87. The van der Waals surface area contributed by atoms with Crippen LogP contribution in [-0.2, 0) is 0 Å². The maximum absolute atomic E-state index is 12.6. The minimum absolute atomic E-state index is 0.0351. The van der Waals surface area contributed by atoms with Crippen molar-refractivity contribution in [3.8, 4) is 0 Å². The predicted octanol–water partition coefficient (Wildman–Crippen LogP) is 1.27. The Kier molecular flexibility index (Phi) is 3.20. The first-order chi connectivity index (χ1) is 9.74. The fourth-order valence-corrected chi connectivity index (χ4v) is 2.70. The number of hydrogen-bond acceptors (Lipinski definition) is 5. The van der Waals surface area contributed by atoms with E-state index in [-0.39, 0.29) is 11.6 Å². The number of aliphatic imine (C=N–C) groups is 1. The summed E-state index contributed by atoms with van der Waals surface area (Å²) in [5.41, 5.74) is 7.11. The Labute approximate surface area is 116 Å². The fourth-order valence-electron chi connectivity index (χ4n) is 2.70. The Hall–Kier alpha value is -2.27. The van der Waals surface area contributed by atoms with Crippen LogP contribution in [-0.4, -0.2) is 30.9 Å². The second-order valence-corrected chi connectivity index (χ2v) is 4.86. The van der Waals surface area contributed by atoms with Gasteiger partial charge in [-0.25, -0.2) is 0 Å². The van der Waals surface area contributed by atoms with Gasteiger partial charge in [-0.3, -0.25) is 14.6 Å². The number of rotatable bonds is 3. The average molecular weight is 269 g/mol. The standard InChI is InChI=1S/C15H15N3O2/c16-5-7-18-12-3-1-2-10-13(12)15(20)9-4-6-17-8-11(9)14(10)19/h1-4,6,8-9,11,18H,5,7,16H2. The van der Waals surface area contributed by atoms with Crippen LogP contribution in [0.25, 0.3) is 0 Å². The highest BCUT2D eigenvalue weighted by Gasteiger charge is 2.41. The second-order valence-electron chi connectivity index (χ2n) is 4.86. The first-order valence-electron chi connectivity index (χ1n) is 6.59. The van der Waals surface area contributed by atoms with Crippen molar-refractivity contribution in [2.75, 3.05) is 18.4 Å². The molecular weight excluding hydrogens is 254 g/mol. The van der Waals surface area contributed by atoms with Gasteiger partial charge in [0.25, 0.3) is 0 Å². The maximum atomic E-state index is 12.6. The third-order valence-electron chi connectivity index (χ3n) is 3.65. The number of ketones is 2. The molecule has 5 nitrogen and oxygen atoms in total. The Morgan fingerprint density at radius 1 is 1.20 bits per heavy atom. The number of carbonyl (C=O) groups excluding carboxylic acids is 2. The number of nitrogens with zero attached hydrogens (tertiary/aromatic N) is 1.